The third-order valence-corrected chi connectivity index (χ3v) is 3.98. The summed E-state index contributed by atoms with van der Waals surface area (Å²) < 4.78 is 5.39. The van der Waals surface area contributed by atoms with E-state index in [2.05, 4.69) is 15.6 Å². The molecule has 0 fully saturated rings. The lowest BCUT2D eigenvalue weighted by Gasteiger charge is -2.12. The van der Waals surface area contributed by atoms with Crippen LogP contribution in [-0.4, -0.2) is 18.4 Å². The van der Waals surface area contributed by atoms with Crippen molar-refractivity contribution in [2.24, 2.45) is 5.73 Å². The van der Waals surface area contributed by atoms with Gasteiger partial charge in [0.2, 0.25) is 0 Å². The van der Waals surface area contributed by atoms with Gasteiger partial charge in [0.1, 0.15) is 5.75 Å². The second-order valence-electron chi connectivity index (χ2n) is 5.72. The van der Waals surface area contributed by atoms with Gasteiger partial charge in [-0.1, -0.05) is 12.1 Å². The van der Waals surface area contributed by atoms with Crippen LogP contribution < -0.4 is 26.7 Å². The van der Waals surface area contributed by atoms with Gasteiger partial charge in [-0.3, -0.25) is 10.5 Å². The average Bonchev–Trinajstić information content (AvgIpc) is 2.78. The van der Waals surface area contributed by atoms with E-state index in [1.807, 2.05) is 26.0 Å². The van der Waals surface area contributed by atoms with E-state index in [1.54, 1.807) is 13.2 Å². The fourth-order valence-corrected chi connectivity index (χ4v) is 3.09. The largest absolute Gasteiger partial charge is 0.496 e. The molecule has 0 spiro atoms. The Hall–Kier alpha value is -2.60. The molecule has 1 aliphatic heterocycles. The molecule has 0 bridgehead atoms. The Morgan fingerprint density at radius 2 is 1.96 bits per heavy atom. The first kappa shape index (κ1) is 15.3. The maximum atomic E-state index is 12.3. The van der Waals surface area contributed by atoms with E-state index in [4.69, 9.17) is 10.5 Å². The summed E-state index contributed by atoms with van der Waals surface area (Å²) in [7, 11) is 1.66. The lowest BCUT2D eigenvalue weighted by Crippen LogP contribution is -2.32. The van der Waals surface area contributed by atoms with E-state index in [-0.39, 0.29) is 5.56 Å². The van der Waals surface area contributed by atoms with Crippen LogP contribution in [0.15, 0.2) is 29.2 Å². The van der Waals surface area contributed by atoms with E-state index in [0.717, 1.165) is 33.8 Å². The maximum Gasteiger partial charge on any atom is 0.275 e. The standard InChI is InChI=1S/C17H20N4O2/c1-9-6-11(7-10(2)15(9)23-3)8-12-14-13(20-17(18)21-14)4-5-19-16(12)22/h4-7,17,20-21H,8,18H2,1-3H3. The van der Waals surface area contributed by atoms with Crippen molar-refractivity contribution in [1.82, 2.24) is 4.98 Å². The predicted molar refractivity (Wildman–Crippen MR) is 91.0 cm³/mol. The van der Waals surface area contributed by atoms with Crippen LogP contribution in [0, 0.1) is 13.8 Å². The van der Waals surface area contributed by atoms with E-state index >= 15 is 0 Å². The zero-order valence-electron chi connectivity index (χ0n) is 13.4. The molecule has 0 saturated heterocycles. The summed E-state index contributed by atoms with van der Waals surface area (Å²) in [5.74, 6) is 0.875. The van der Waals surface area contributed by atoms with Crippen molar-refractivity contribution in [3.63, 3.8) is 0 Å². The Bertz CT molecular complexity index is 797. The molecule has 2 aromatic rings. The average molecular weight is 312 g/mol. The Morgan fingerprint density at radius 1 is 1.26 bits per heavy atom. The first-order valence-corrected chi connectivity index (χ1v) is 7.44. The van der Waals surface area contributed by atoms with Crippen LogP contribution >= 0.6 is 0 Å². The summed E-state index contributed by atoms with van der Waals surface area (Å²) in [5, 5.41) is 6.18. The van der Waals surface area contributed by atoms with Gasteiger partial charge in [-0.25, -0.2) is 4.98 Å². The molecule has 23 heavy (non-hydrogen) atoms. The molecule has 1 atom stereocenters. The van der Waals surface area contributed by atoms with Gasteiger partial charge in [0.05, 0.1) is 18.5 Å². The summed E-state index contributed by atoms with van der Waals surface area (Å²) in [5.41, 5.74) is 10.9. The highest BCUT2D eigenvalue weighted by Gasteiger charge is 2.21. The summed E-state index contributed by atoms with van der Waals surface area (Å²) in [4.78, 5) is 16.3. The Morgan fingerprint density at radius 3 is 2.61 bits per heavy atom. The van der Waals surface area contributed by atoms with Crippen LogP contribution in [0.4, 0.5) is 11.4 Å². The van der Waals surface area contributed by atoms with Crippen LogP contribution in [-0.2, 0) is 6.42 Å². The van der Waals surface area contributed by atoms with Gasteiger partial charge in [-0.05, 0) is 36.6 Å². The highest BCUT2D eigenvalue weighted by molar-refractivity contribution is 5.76. The first-order valence-electron chi connectivity index (χ1n) is 7.44. The molecule has 1 unspecified atom stereocenters. The number of aromatic nitrogens is 1. The third kappa shape index (κ3) is 2.85. The van der Waals surface area contributed by atoms with Gasteiger partial charge in [-0.2, -0.15) is 0 Å². The van der Waals surface area contributed by atoms with Crippen LogP contribution in [0.25, 0.3) is 0 Å². The smallest absolute Gasteiger partial charge is 0.275 e. The molecule has 0 saturated carbocycles. The van der Waals surface area contributed by atoms with Gasteiger partial charge in [0.15, 0.2) is 6.29 Å². The number of methoxy groups -OCH3 is 1. The lowest BCUT2D eigenvalue weighted by molar-refractivity contribution is 0.408. The van der Waals surface area contributed by atoms with Crippen LogP contribution in [0.1, 0.15) is 22.3 Å². The van der Waals surface area contributed by atoms with E-state index in [0.29, 0.717) is 12.0 Å². The van der Waals surface area contributed by atoms with Crippen molar-refractivity contribution in [3.8, 4) is 5.75 Å². The Kier molecular flexibility index (Phi) is 3.92. The van der Waals surface area contributed by atoms with Crippen molar-refractivity contribution in [2.75, 3.05) is 17.7 Å². The molecule has 0 aliphatic carbocycles. The fraction of sp³-hybridized carbons (Fsp3) is 0.294. The number of ether oxygens (including phenoxy) is 1. The number of benzene rings is 1. The molecule has 6 nitrogen and oxygen atoms in total. The van der Waals surface area contributed by atoms with Gasteiger partial charge in [0, 0.05) is 18.2 Å². The molecule has 1 aromatic carbocycles. The lowest BCUT2D eigenvalue weighted by atomic mass is 10.00. The number of anilines is 2. The number of hydrogen-bond donors (Lipinski definition) is 3. The van der Waals surface area contributed by atoms with Crippen LogP contribution in [0.5, 0.6) is 5.75 Å². The molecule has 4 N–H and O–H groups in total. The number of aryl methyl sites for hydroxylation is 2. The van der Waals surface area contributed by atoms with E-state index in [9.17, 15) is 4.79 Å². The van der Waals surface area contributed by atoms with Gasteiger partial charge < -0.3 is 15.4 Å². The number of rotatable bonds is 3. The second kappa shape index (κ2) is 5.89. The maximum absolute atomic E-state index is 12.3. The molecule has 120 valence electrons. The quantitative estimate of drug-likeness (QED) is 0.800. The van der Waals surface area contributed by atoms with E-state index in [1.165, 1.54) is 6.20 Å². The zero-order valence-corrected chi connectivity index (χ0v) is 13.4. The minimum atomic E-state index is -0.398. The summed E-state index contributed by atoms with van der Waals surface area (Å²) in [6, 6.07) is 5.82. The molecule has 1 aliphatic rings. The van der Waals surface area contributed by atoms with Gasteiger partial charge in [0.25, 0.3) is 5.56 Å². The predicted octanol–water partition coefficient (Wildman–Crippen LogP) is 1.74. The topological polar surface area (TPSA) is 89.3 Å². The van der Waals surface area contributed by atoms with Crippen LogP contribution in [0.2, 0.25) is 0 Å². The van der Waals surface area contributed by atoms with E-state index < -0.39 is 6.29 Å². The minimum Gasteiger partial charge on any atom is -0.496 e. The highest BCUT2D eigenvalue weighted by Crippen LogP contribution is 2.31. The summed E-state index contributed by atoms with van der Waals surface area (Å²) in [6.07, 6.45) is 1.59. The zero-order chi connectivity index (χ0) is 16.6. The first-order chi connectivity index (χ1) is 11.0. The number of nitrogens with one attached hydrogen (secondary N) is 2. The second-order valence-corrected chi connectivity index (χ2v) is 5.72. The highest BCUT2D eigenvalue weighted by atomic mass is 16.5. The number of hydrogen-bond acceptors (Lipinski definition) is 6. The van der Waals surface area contributed by atoms with Crippen molar-refractivity contribution in [1.29, 1.82) is 0 Å². The van der Waals surface area contributed by atoms with Crippen molar-refractivity contribution >= 4 is 11.4 Å². The molecule has 0 radical (unpaired) electrons. The van der Waals surface area contributed by atoms with Gasteiger partial charge in [-0.15, -0.1) is 0 Å². The third-order valence-electron chi connectivity index (χ3n) is 3.98. The van der Waals surface area contributed by atoms with Crippen molar-refractivity contribution < 1.29 is 4.74 Å². The molecule has 1 aromatic heterocycles. The molecular weight excluding hydrogens is 292 g/mol. The molecule has 6 heteroatoms. The van der Waals surface area contributed by atoms with Gasteiger partial charge >= 0.3 is 0 Å². The summed E-state index contributed by atoms with van der Waals surface area (Å²) >= 11 is 0. The normalized spacial score (nSPS) is 15.6. The van der Waals surface area contributed by atoms with Crippen LogP contribution in [0.3, 0.4) is 0 Å². The molecule has 0 amide bonds. The Balaban J connectivity index is 2.07. The minimum absolute atomic E-state index is 0.249. The molecular formula is C17H20N4O2. The number of nitrogens with zero attached hydrogens (tertiary/aromatic N) is 1. The summed E-state index contributed by atoms with van der Waals surface area (Å²) in [6.45, 7) is 3.99. The SMILES string of the molecule is COc1c(C)cc(Cc2c3c(ccnc2=O)NC(N)N3)cc1C. The number of nitrogens with two attached hydrogens (primary N) is 1. The van der Waals surface area contributed by atoms with Crippen molar-refractivity contribution in [3.05, 3.63) is 57.0 Å². The Labute approximate surface area is 134 Å². The molecule has 3 rings (SSSR count). The monoisotopic (exact) mass is 312 g/mol. The number of fused-ring (bicyclic) bond motifs is 1. The fourth-order valence-electron chi connectivity index (χ4n) is 3.09. The molecule has 2 heterocycles. The van der Waals surface area contributed by atoms with Crippen molar-refractivity contribution in [2.45, 2.75) is 26.6 Å².